The monoisotopic (exact) mass is 404 g/mol. The molecule has 3 saturated heterocycles. The maximum atomic E-state index is 6.71. The highest BCUT2D eigenvalue weighted by molar-refractivity contribution is 6.34. The molecule has 0 amide bonds. The van der Waals surface area contributed by atoms with Crippen molar-refractivity contribution in [3.63, 3.8) is 0 Å². The Morgan fingerprint density at radius 3 is 2.75 bits per heavy atom. The molecule has 28 heavy (non-hydrogen) atoms. The lowest BCUT2D eigenvalue weighted by molar-refractivity contribution is -0.128. The second-order valence-corrected chi connectivity index (χ2v) is 9.00. The van der Waals surface area contributed by atoms with Gasteiger partial charge in [-0.3, -0.25) is 4.90 Å². The summed E-state index contributed by atoms with van der Waals surface area (Å²) in [5.74, 6) is 0. The average molecular weight is 405 g/mol. The zero-order valence-electron chi connectivity index (χ0n) is 16.6. The molecule has 3 aliphatic heterocycles. The fourth-order valence-electron chi connectivity index (χ4n) is 4.72. The molecule has 7 heteroatoms. The molecular formula is C21H29ClN4O2. The standard InChI is InChI=1S/C21H29ClN4O2/c1-21(14-27-15-21)25-7-4-6-24(8-9-25)19-12-18-16(11-17(19)22)13-23-26(18)20-5-2-3-10-28-20/h11-13,20H,2-10,14-15H2,1H3. The van der Waals surface area contributed by atoms with Crippen LogP contribution in [0.25, 0.3) is 10.9 Å². The van der Waals surface area contributed by atoms with Crippen molar-refractivity contribution in [1.29, 1.82) is 0 Å². The largest absolute Gasteiger partial charge is 0.377 e. The van der Waals surface area contributed by atoms with Crippen molar-refractivity contribution in [2.24, 2.45) is 0 Å². The van der Waals surface area contributed by atoms with Gasteiger partial charge < -0.3 is 14.4 Å². The number of hydrogen-bond acceptors (Lipinski definition) is 5. The van der Waals surface area contributed by atoms with Gasteiger partial charge in [-0.05, 0) is 44.7 Å². The Labute approximate surface area is 171 Å². The maximum Gasteiger partial charge on any atom is 0.150 e. The van der Waals surface area contributed by atoms with Gasteiger partial charge >= 0.3 is 0 Å². The van der Waals surface area contributed by atoms with E-state index in [1.54, 1.807) is 0 Å². The number of halogens is 1. The Morgan fingerprint density at radius 1 is 1.11 bits per heavy atom. The predicted octanol–water partition coefficient (Wildman–Crippen LogP) is 3.69. The highest BCUT2D eigenvalue weighted by atomic mass is 35.5. The quantitative estimate of drug-likeness (QED) is 0.780. The van der Waals surface area contributed by atoms with E-state index in [-0.39, 0.29) is 11.8 Å². The molecule has 0 N–H and O–H groups in total. The highest BCUT2D eigenvalue weighted by Crippen LogP contribution is 2.35. The zero-order chi connectivity index (χ0) is 19.1. The van der Waals surface area contributed by atoms with E-state index in [4.69, 9.17) is 21.1 Å². The predicted molar refractivity (Wildman–Crippen MR) is 111 cm³/mol. The molecule has 1 unspecified atom stereocenters. The molecule has 0 saturated carbocycles. The number of hydrogen-bond donors (Lipinski definition) is 0. The third kappa shape index (κ3) is 3.30. The molecule has 5 rings (SSSR count). The molecule has 2 aromatic rings. The molecule has 0 spiro atoms. The normalized spacial score (nSPS) is 26.2. The van der Waals surface area contributed by atoms with Crippen LogP contribution in [0.15, 0.2) is 18.3 Å². The fourth-order valence-corrected chi connectivity index (χ4v) is 5.01. The van der Waals surface area contributed by atoms with Crippen molar-refractivity contribution in [2.45, 2.75) is 44.4 Å². The lowest BCUT2D eigenvalue weighted by Gasteiger charge is -2.47. The molecule has 1 aromatic heterocycles. The topological polar surface area (TPSA) is 42.8 Å². The van der Waals surface area contributed by atoms with E-state index in [1.807, 2.05) is 10.9 Å². The second-order valence-electron chi connectivity index (χ2n) is 8.59. The van der Waals surface area contributed by atoms with Gasteiger partial charge in [0.15, 0.2) is 6.23 Å². The summed E-state index contributed by atoms with van der Waals surface area (Å²) in [6.45, 7) is 8.98. The summed E-state index contributed by atoms with van der Waals surface area (Å²) < 4.78 is 13.5. The lowest BCUT2D eigenvalue weighted by atomic mass is 9.97. The van der Waals surface area contributed by atoms with E-state index in [0.29, 0.717) is 0 Å². The summed E-state index contributed by atoms with van der Waals surface area (Å²) in [5.41, 5.74) is 2.44. The van der Waals surface area contributed by atoms with Gasteiger partial charge in [-0.2, -0.15) is 5.10 Å². The van der Waals surface area contributed by atoms with Crippen LogP contribution < -0.4 is 4.90 Å². The Balaban J connectivity index is 1.41. The first-order valence-corrected chi connectivity index (χ1v) is 10.9. The van der Waals surface area contributed by atoms with E-state index in [0.717, 1.165) is 86.9 Å². The van der Waals surface area contributed by atoms with E-state index in [1.165, 1.54) is 6.42 Å². The van der Waals surface area contributed by atoms with Gasteiger partial charge in [0.2, 0.25) is 0 Å². The first-order chi connectivity index (χ1) is 13.6. The van der Waals surface area contributed by atoms with Crippen LogP contribution in [0.1, 0.15) is 38.8 Å². The van der Waals surface area contributed by atoms with Gasteiger partial charge in [0.05, 0.1) is 41.2 Å². The highest BCUT2D eigenvalue weighted by Gasteiger charge is 2.39. The van der Waals surface area contributed by atoms with Crippen molar-refractivity contribution in [3.05, 3.63) is 23.4 Å². The van der Waals surface area contributed by atoms with Gasteiger partial charge in [-0.1, -0.05) is 11.6 Å². The summed E-state index contributed by atoms with van der Waals surface area (Å²) in [6.07, 6.45) is 6.43. The van der Waals surface area contributed by atoms with Gasteiger partial charge in [0.25, 0.3) is 0 Å². The maximum absolute atomic E-state index is 6.71. The average Bonchev–Trinajstić information content (AvgIpc) is 2.93. The molecule has 1 atom stereocenters. The summed E-state index contributed by atoms with van der Waals surface area (Å²) in [5, 5.41) is 6.51. The van der Waals surface area contributed by atoms with Crippen LogP contribution in [0.4, 0.5) is 5.69 Å². The molecule has 3 fully saturated rings. The van der Waals surface area contributed by atoms with E-state index in [9.17, 15) is 0 Å². The number of fused-ring (bicyclic) bond motifs is 1. The van der Waals surface area contributed by atoms with E-state index in [2.05, 4.69) is 34.0 Å². The van der Waals surface area contributed by atoms with Crippen LogP contribution in [0.3, 0.4) is 0 Å². The molecular weight excluding hydrogens is 376 g/mol. The van der Waals surface area contributed by atoms with Crippen molar-refractivity contribution in [2.75, 3.05) is 50.9 Å². The minimum atomic E-state index is 0.0402. The third-order valence-electron chi connectivity index (χ3n) is 6.52. The smallest absolute Gasteiger partial charge is 0.150 e. The SMILES string of the molecule is CC1(N2CCCN(c3cc4c(cnn4C4CCCCO4)cc3Cl)CC2)COC1. The first-order valence-electron chi connectivity index (χ1n) is 10.5. The summed E-state index contributed by atoms with van der Waals surface area (Å²) in [6, 6.07) is 4.27. The Hall–Kier alpha value is -1.34. The number of rotatable bonds is 3. The number of nitrogens with zero attached hydrogens (tertiary/aromatic N) is 4. The fraction of sp³-hybridized carbons (Fsp3) is 0.667. The first kappa shape index (κ1) is 18.7. The van der Waals surface area contributed by atoms with Crippen molar-refractivity contribution >= 4 is 28.2 Å². The Kier molecular flexibility index (Phi) is 4.99. The van der Waals surface area contributed by atoms with Gasteiger partial charge in [-0.25, -0.2) is 4.68 Å². The van der Waals surface area contributed by atoms with Crippen LogP contribution in [0.5, 0.6) is 0 Å². The molecule has 6 nitrogen and oxygen atoms in total. The van der Waals surface area contributed by atoms with E-state index < -0.39 is 0 Å². The van der Waals surface area contributed by atoms with Crippen molar-refractivity contribution in [3.8, 4) is 0 Å². The summed E-state index contributed by atoms with van der Waals surface area (Å²) >= 11 is 6.71. The minimum absolute atomic E-state index is 0.0402. The van der Waals surface area contributed by atoms with Crippen LogP contribution in [-0.2, 0) is 9.47 Å². The molecule has 3 aliphatic rings. The third-order valence-corrected chi connectivity index (χ3v) is 6.82. The molecule has 0 aliphatic carbocycles. The Morgan fingerprint density at radius 2 is 2.00 bits per heavy atom. The second kappa shape index (κ2) is 7.48. The van der Waals surface area contributed by atoms with Crippen LogP contribution in [0.2, 0.25) is 5.02 Å². The minimum Gasteiger partial charge on any atom is -0.377 e. The number of benzene rings is 1. The van der Waals surface area contributed by atoms with Gasteiger partial charge in [-0.15, -0.1) is 0 Å². The molecule has 0 radical (unpaired) electrons. The molecule has 1 aromatic carbocycles. The van der Waals surface area contributed by atoms with Gasteiger partial charge in [0, 0.05) is 38.2 Å². The van der Waals surface area contributed by atoms with Gasteiger partial charge in [0.1, 0.15) is 0 Å². The van der Waals surface area contributed by atoms with Crippen LogP contribution >= 0.6 is 11.6 Å². The van der Waals surface area contributed by atoms with Crippen molar-refractivity contribution < 1.29 is 9.47 Å². The summed E-state index contributed by atoms with van der Waals surface area (Å²) in [7, 11) is 0. The molecule has 152 valence electrons. The lowest BCUT2D eigenvalue weighted by Crippen LogP contribution is -2.60. The number of aromatic nitrogens is 2. The molecule has 0 bridgehead atoms. The molecule has 4 heterocycles. The van der Waals surface area contributed by atoms with Crippen LogP contribution in [0, 0.1) is 0 Å². The van der Waals surface area contributed by atoms with Crippen molar-refractivity contribution in [1.82, 2.24) is 14.7 Å². The number of ether oxygens (including phenoxy) is 2. The zero-order valence-corrected chi connectivity index (χ0v) is 17.3. The van der Waals surface area contributed by atoms with Crippen LogP contribution in [-0.4, -0.2) is 66.2 Å². The Bertz CT molecular complexity index is 844. The number of anilines is 1. The van der Waals surface area contributed by atoms with E-state index >= 15 is 0 Å². The summed E-state index contributed by atoms with van der Waals surface area (Å²) in [4.78, 5) is 5.02.